The number of nitro benzene ring substituents is 1. The van der Waals surface area contributed by atoms with Crippen molar-refractivity contribution in [3.05, 3.63) is 63.2 Å². The largest absolute Gasteiger partial charge is 0.492 e. The second kappa shape index (κ2) is 9.60. The zero-order chi connectivity index (χ0) is 20.8. The third-order valence-corrected chi connectivity index (χ3v) is 5.19. The van der Waals surface area contributed by atoms with Crippen molar-refractivity contribution in [2.75, 3.05) is 38.2 Å². The lowest BCUT2D eigenvalue weighted by Gasteiger charge is -2.31. The van der Waals surface area contributed by atoms with Gasteiger partial charge >= 0.3 is 0 Å². The molecule has 1 fully saturated rings. The van der Waals surface area contributed by atoms with E-state index in [1.54, 1.807) is 37.4 Å². The number of anilines is 1. The number of carbonyl (C=O) groups is 1. The second-order valence-corrected chi connectivity index (χ2v) is 7.48. The first-order chi connectivity index (χ1) is 14.0. The highest BCUT2D eigenvalue weighted by Crippen LogP contribution is 2.29. The number of nitro groups is 1. The van der Waals surface area contributed by atoms with E-state index in [9.17, 15) is 14.9 Å². The van der Waals surface area contributed by atoms with Crippen LogP contribution in [0.4, 0.5) is 11.4 Å². The Morgan fingerprint density at radius 1 is 1.21 bits per heavy atom. The summed E-state index contributed by atoms with van der Waals surface area (Å²) in [5.74, 6) is 0.367. The van der Waals surface area contributed by atoms with Gasteiger partial charge in [-0.05, 0) is 43.5 Å². The third-order valence-electron chi connectivity index (χ3n) is 4.96. The summed E-state index contributed by atoms with van der Waals surface area (Å²) in [5.41, 5.74) is 1.02. The number of hydrogen-bond acceptors (Lipinski definition) is 5. The molecular weight excluding hydrogens is 394 g/mol. The average Bonchev–Trinajstić information content (AvgIpc) is 2.73. The van der Waals surface area contributed by atoms with Crippen molar-refractivity contribution in [1.29, 1.82) is 0 Å². The molecule has 3 rings (SSSR count). The van der Waals surface area contributed by atoms with Gasteiger partial charge in [-0.3, -0.25) is 14.9 Å². The Labute approximate surface area is 175 Å². The number of halogens is 1. The highest BCUT2D eigenvalue weighted by atomic mass is 35.5. The van der Waals surface area contributed by atoms with Crippen molar-refractivity contribution in [2.45, 2.75) is 19.3 Å². The molecule has 154 valence electrons. The number of rotatable bonds is 7. The van der Waals surface area contributed by atoms with Gasteiger partial charge in [0, 0.05) is 37.3 Å². The number of carbonyl (C=O) groups excluding carboxylic acids is 1. The maximum Gasteiger partial charge on any atom is 0.270 e. The first-order valence-electron chi connectivity index (χ1n) is 9.63. The Kier molecular flexibility index (Phi) is 6.93. The quantitative estimate of drug-likeness (QED) is 0.493. The number of hydrogen-bond donors (Lipinski definition) is 0. The summed E-state index contributed by atoms with van der Waals surface area (Å²) < 4.78 is 5.66. The lowest BCUT2D eigenvalue weighted by molar-refractivity contribution is -0.384. The van der Waals surface area contributed by atoms with Crippen LogP contribution in [0.5, 0.6) is 5.75 Å². The molecular formula is C21H24ClN3O4. The predicted octanol–water partition coefficient (Wildman–Crippen LogP) is 4.39. The van der Waals surface area contributed by atoms with E-state index < -0.39 is 4.92 Å². The zero-order valence-corrected chi connectivity index (χ0v) is 17.1. The normalized spacial score (nSPS) is 13.8. The monoisotopic (exact) mass is 417 g/mol. The molecule has 0 unspecified atom stereocenters. The fourth-order valence-electron chi connectivity index (χ4n) is 3.38. The highest BCUT2D eigenvalue weighted by Gasteiger charge is 2.23. The van der Waals surface area contributed by atoms with Crippen molar-refractivity contribution < 1.29 is 14.5 Å². The van der Waals surface area contributed by atoms with Crippen LogP contribution in [0.2, 0.25) is 5.02 Å². The molecule has 1 saturated heterocycles. The van der Waals surface area contributed by atoms with Gasteiger partial charge in [-0.2, -0.15) is 0 Å². The number of piperidine rings is 1. The van der Waals surface area contributed by atoms with Crippen LogP contribution in [0, 0.1) is 10.1 Å². The molecule has 0 atom stereocenters. The molecule has 0 radical (unpaired) electrons. The van der Waals surface area contributed by atoms with E-state index in [0.29, 0.717) is 22.9 Å². The van der Waals surface area contributed by atoms with Crippen molar-refractivity contribution >= 4 is 28.9 Å². The van der Waals surface area contributed by atoms with Crippen LogP contribution in [0.15, 0.2) is 42.5 Å². The Morgan fingerprint density at radius 2 is 1.97 bits per heavy atom. The van der Waals surface area contributed by atoms with E-state index >= 15 is 0 Å². The summed E-state index contributed by atoms with van der Waals surface area (Å²) in [6, 6.07) is 11.6. The van der Waals surface area contributed by atoms with Crippen LogP contribution in [0.25, 0.3) is 0 Å². The van der Waals surface area contributed by atoms with Crippen LogP contribution in [-0.4, -0.2) is 49.0 Å². The highest BCUT2D eigenvalue weighted by molar-refractivity contribution is 6.30. The molecule has 1 aliphatic heterocycles. The Morgan fingerprint density at radius 3 is 2.66 bits per heavy atom. The zero-order valence-electron chi connectivity index (χ0n) is 16.3. The summed E-state index contributed by atoms with van der Waals surface area (Å²) in [4.78, 5) is 27.5. The van der Waals surface area contributed by atoms with E-state index in [0.717, 1.165) is 38.0 Å². The van der Waals surface area contributed by atoms with Gasteiger partial charge in [0.2, 0.25) is 0 Å². The van der Waals surface area contributed by atoms with Crippen LogP contribution in [-0.2, 0) is 0 Å². The second-order valence-electron chi connectivity index (χ2n) is 7.04. The molecule has 1 aliphatic rings. The fraction of sp³-hybridized carbons (Fsp3) is 0.381. The minimum absolute atomic E-state index is 0.0855. The molecule has 0 spiro atoms. The van der Waals surface area contributed by atoms with E-state index in [2.05, 4.69) is 4.90 Å². The first-order valence-corrected chi connectivity index (χ1v) is 10.0. The number of ether oxygens (including phenoxy) is 1. The van der Waals surface area contributed by atoms with Gasteiger partial charge in [-0.15, -0.1) is 0 Å². The smallest absolute Gasteiger partial charge is 0.270 e. The van der Waals surface area contributed by atoms with Crippen molar-refractivity contribution in [3.63, 3.8) is 0 Å². The van der Waals surface area contributed by atoms with Crippen LogP contribution >= 0.6 is 11.6 Å². The molecule has 2 aromatic rings. The predicted molar refractivity (Wildman–Crippen MR) is 113 cm³/mol. The molecule has 7 nitrogen and oxygen atoms in total. The SMILES string of the molecule is CN(CCOc1cccc(Cl)c1)C(=O)c1cc([N+](=O)[O-])ccc1N1CCCCC1. The van der Waals surface area contributed by atoms with Gasteiger partial charge in [-0.1, -0.05) is 17.7 Å². The number of nitrogens with zero attached hydrogens (tertiary/aromatic N) is 3. The summed E-state index contributed by atoms with van der Waals surface area (Å²) in [6.07, 6.45) is 3.26. The van der Waals surface area contributed by atoms with E-state index in [4.69, 9.17) is 16.3 Å². The van der Waals surface area contributed by atoms with Crippen LogP contribution < -0.4 is 9.64 Å². The van der Waals surface area contributed by atoms with Crippen molar-refractivity contribution in [3.8, 4) is 5.75 Å². The fourth-order valence-corrected chi connectivity index (χ4v) is 3.56. The molecule has 0 N–H and O–H groups in total. The number of amides is 1. The summed E-state index contributed by atoms with van der Waals surface area (Å²) >= 11 is 5.94. The van der Waals surface area contributed by atoms with Crippen LogP contribution in [0.3, 0.4) is 0 Å². The van der Waals surface area contributed by atoms with Gasteiger partial charge in [0.05, 0.1) is 22.7 Å². The lowest BCUT2D eigenvalue weighted by atomic mass is 10.1. The van der Waals surface area contributed by atoms with E-state index in [1.165, 1.54) is 17.0 Å². The summed E-state index contributed by atoms with van der Waals surface area (Å²) in [7, 11) is 1.67. The van der Waals surface area contributed by atoms with E-state index in [-0.39, 0.29) is 18.2 Å². The van der Waals surface area contributed by atoms with Crippen molar-refractivity contribution in [1.82, 2.24) is 4.90 Å². The summed E-state index contributed by atoms with van der Waals surface area (Å²) in [6.45, 7) is 2.32. The number of likely N-dealkylation sites (N-methyl/N-ethyl adjacent to an activating group) is 1. The topological polar surface area (TPSA) is 75.9 Å². The van der Waals surface area contributed by atoms with E-state index in [1.807, 2.05) is 0 Å². The van der Waals surface area contributed by atoms with Gasteiger partial charge in [-0.25, -0.2) is 0 Å². The maximum absolute atomic E-state index is 13.1. The third kappa shape index (κ3) is 5.38. The summed E-state index contributed by atoms with van der Waals surface area (Å²) in [5, 5.41) is 11.8. The van der Waals surface area contributed by atoms with Gasteiger partial charge < -0.3 is 14.5 Å². The minimum Gasteiger partial charge on any atom is -0.492 e. The molecule has 1 amide bonds. The Balaban J connectivity index is 1.73. The Bertz CT molecular complexity index is 884. The van der Waals surface area contributed by atoms with Crippen LogP contribution in [0.1, 0.15) is 29.6 Å². The molecule has 0 saturated carbocycles. The first kappa shape index (κ1) is 20.9. The Hall–Kier alpha value is -2.80. The average molecular weight is 418 g/mol. The van der Waals surface area contributed by atoms with Gasteiger partial charge in [0.25, 0.3) is 11.6 Å². The number of benzene rings is 2. The molecule has 8 heteroatoms. The standard InChI is InChI=1S/C21H24ClN3O4/c1-23(12-13-29-18-7-5-6-16(22)14-18)21(26)19-15-17(25(27)28)8-9-20(19)24-10-3-2-4-11-24/h5-9,14-15H,2-4,10-13H2,1H3. The maximum atomic E-state index is 13.1. The molecule has 0 bridgehead atoms. The molecule has 0 aromatic heterocycles. The number of non-ortho nitro benzene ring substituents is 1. The lowest BCUT2D eigenvalue weighted by Crippen LogP contribution is -2.35. The van der Waals surface area contributed by atoms with Gasteiger partial charge in [0.15, 0.2) is 0 Å². The molecule has 29 heavy (non-hydrogen) atoms. The minimum atomic E-state index is -0.473. The molecule has 1 heterocycles. The molecule has 0 aliphatic carbocycles. The molecule has 2 aromatic carbocycles. The van der Waals surface area contributed by atoms with Gasteiger partial charge in [0.1, 0.15) is 12.4 Å². The van der Waals surface area contributed by atoms with Crippen molar-refractivity contribution in [2.24, 2.45) is 0 Å².